The zero-order valence-corrected chi connectivity index (χ0v) is 11.2. The smallest absolute Gasteiger partial charge is 0.222 e. The Kier molecular flexibility index (Phi) is 5.65. The lowest BCUT2D eigenvalue weighted by atomic mass is 10.0. The topological polar surface area (TPSA) is 58.6 Å². The molecule has 1 aromatic rings. The van der Waals surface area contributed by atoms with E-state index >= 15 is 0 Å². The number of nitrogens with one attached hydrogen (secondary N) is 1. The third kappa shape index (κ3) is 4.04. The lowest BCUT2D eigenvalue weighted by Crippen LogP contribution is -2.26. The van der Waals surface area contributed by atoms with Gasteiger partial charge in [-0.2, -0.15) is 0 Å². The number of ether oxygens (including phenoxy) is 1. The second-order valence-corrected chi connectivity index (χ2v) is 4.34. The average molecular weight is 251 g/mol. The van der Waals surface area contributed by atoms with E-state index in [2.05, 4.69) is 11.4 Å². The van der Waals surface area contributed by atoms with E-state index in [1.54, 1.807) is 7.11 Å². The Labute approximate surface area is 108 Å². The molecule has 0 spiro atoms. The average Bonchev–Trinajstić information content (AvgIpc) is 2.31. The molecule has 0 saturated carbocycles. The van der Waals surface area contributed by atoms with Crippen LogP contribution in [0, 0.1) is 13.8 Å². The van der Waals surface area contributed by atoms with Crippen LogP contribution in [0.4, 0.5) is 0 Å². The van der Waals surface area contributed by atoms with Crippen LogP contribution in [0.1, 0.15) is 23.1 Å². The Bertz CT molecular complexity index is 416. The van der Waals surface area contributed by atoms with Crippen LogP contribution in [0.3, 0.4) is 0 Å². The van der Waals surface area contributed by atoms with Crippen LogP contribution in [0.15, 0.2) is 12.1 Å². The number of benzene rings is 1. The Morgan fingerprint density at radius 1 is 1.39 bits per heavy atom. The van der Waals surface area contributed by atoms with E-state index < -0.39 is 0 Å². The van der Waals surface area contributed by atoms with Crippen molar-refractivity contribution in [1.82, 2.24) is 5.32 Å². The van der Waals surface area contributed by atoms with Gasteiger partial charge in [0.05, 0.1) is 13.7 Å². The summed E-state index contributed by atoms with van der Waals surface area (Å²) in [5.41, 5.74) is 3.45. The van der Waals surface area contributed by atoms with Crippen LogP contribution in [-0.4, -0.2) is 31.3 Å². The highest BCUT2D eigenvalue weighted by atomic mass is 16.5. The molecule has 0 heterocycles. The van der Waals surface area contributed by atoms with Crippen molar-refractivity contribution in [2.45, 2.75) is 26.7 Å². The van der Waals surface area contributed by atoms with Gasteiger partial charge in [0.2, 0.25) is 5.91 Å². The minimum atomic E-state index is -0.124. The summed E-state index contributed by atoms with van der Waals surface area (Å²) in [4.78, 5) is 11.2. The fourth-order valence-electron chi connectivity index (χ4n) is 1.98. The van der Waals surface area contributed by atoms with Gasteiger partial charge in [0.1, 0.15) is 5.75 Å². The molecule has 0 aromatic heterocycles. The summed E-state index contributed by atoms with van der Waals surface area (Å²) in [5, 5.41) is 11.4. The first-order chi connectivity index (χ1) is 8.58. The maximum absolute atomic E-state index is 11.2. The molecule has 0 fully saturated rings. The molecule has 0 bridgehead atoms. The van der Waals surface area contributed by atoms with E-state index in [-0.39, 0.29) is 18.9 Å². The molecule has 1 aromatic carbocycles. The van der Waals surface area contributed by atoms with Gasteiger partial charge in [0.25, 0.3) is 0 Å². The highest BCUT2D eigenvalue weighted by Gasteiger charge is 2.08. The summed E-state index contributed by atoms with van der Waals surface area (Å²) < 4.78 is 5.36. The van der Waals surface area contributed by atoms with E-state index in [4.69, 9.17) is 9.84 Å². The number of aliphatic hydroxyl groups is 1. The van der Waals surface area contributed by atoms with E-state index in [0.717, 1.165) is 23.3 Å². The first-order valence-corrected chi connectivity index (χ1v) is 6.10. The second kappa shape index (κ2) is 7.01. The molecule has 0 atom stereocenters. The molecule has 0 saturated heterocycles. The number of methoxy groups -OCH3 is 1. The molecule has 0 radical (unpaired) electrons. The Hall–Kier alpha value is -1.55. The lowest BCUT2D eigenvalue weighted by molar-refractivity contribution is -0.121. The number of aliphatic hydroxyl groups excluding tert-OH is 1. The molecule has 0 aliphatic rings. The number of amides is 1. The minimum Gasteiger partial charge on any atom is -0.496 e. The Morgan fingerprint density at radius 2 is 2.11 bits per heavy atom. The Balaban J connectivity index is 2.64. The van der Waals surface area contributed by atoms with Gasteiger partial charge in [0.15, 0.2) is 0 Å². The van der Waals surface area contributed by atoms with Crippen molar-refractivity contribution in [2.24, 2.45) is 0 Å². The van der Waals surface area contributed by atoms with Crippen LogP contribution in [-0.2, 0) is 11.2 Å². The van der Waals surface area contributed by atoms with Gasteiger partial charge < -0.3 is 15.2 Å². The van der Waals surface area contributed by atoms with Crippen LogP contribution >= 0.6 is 0 Å². The molecular formula is C14H21NO3. The van der Waals surface area contributed by atoms with E-state index in [1.165, 1.54) is 5.56 Å². The van der Waals surface area contributed by atoms with Crippen molar-refractivity contribution in [2.75, 3.05) is 20.3 Å². The van der Waals surface area contributed by atoms with Gasteiger partial charge in [-0.1, -0.05) is 6.07 Å². The summed E-state index contributed by atoms with van der Waals surface area (Å²) in [6.07, 6.45) is 0.885. The SMILES string of the molecule is COc1cc(C)cc(C)c1CCNC(=O)CCO. The van der Waals surface area contributed by atoms with Crippen molar-refractivity contribution in [1.29, 1.82) is 0 Å². The Morgan fingerprint density at radius 3 is 2.72 bits per heavy atom. The third-order valence-electron chi connectivity index (χ3n) is 2.83. The number of hydrogen-bond donors (Lipinski definition) is 2. The van der Waals surface area contributed by atoms with Crippen LogP contribution in [0.5, 0.6) is 5.75 Å². The molecule has 2 N–H and O–H groups in total. The molecule has 1 amide bonds. The molecule has 0 aliphatic heterocycles. The molecule has 18 heavy (non-hydrogen) atoms. The first kappa shape index (κ1) is 14.5. The summed E-state index contributed by atoms with van der Waals surface area (Å²) in [6.45, 7) is 4.51. The zero-order chi connectivity index (χ0) is 13.5. The molecule has 0 aliphatic carbocycles. The summed E-state index contributed by atoms with van der Waals surface area (Å²) in [6, 6.07) is 4.10. The number of hydrogen-bond acceptors (Lipinski definition) is 3. The molecule has 100 valence electrons. The normalized spacial score (nSPS) is 10.2. The van der Waals surface area contributed by atoms with Gasteiger partial charge >= 0.3 is 0 Å². The van der Waals surface area contributed by atoms with Crippen LogP contribution in [0.25, 0.3) is 0 Å². The zero-order valence-electron chi connectivity index (χ0n) is 11.2. The van der Waals surface area contributed by atoms with E-state index in [1.807, 2.05) is 19.9 Å². The van der Waals surface area contributed by atoms with Crippen molar-refractivity contribution in [3.05, 3.63) is 28.8 Å². The van der Waals surface area contributed by atoms with E-state index in [0.29, 0.717) is 6.54 Å². The fraction of sp³-hybridized carbons (Fsp3) is 0.500. The lowest BCUT2D eigenvalue weighted by Gasteiger charge is -2.13. The van der Waals surface area contributed by atoms with Gasteiger partial charge in [-0.15, -0.1) is 0 Å². The summed E-state index contributed by atoms with van der Waals surface area (Å²) >= 11 is 0. The maximum atomic E-state index is 11.2. The monoisotopic (exact) mass is 251 g/mol. The molecular weight excluding hydrogens is 230 g/mol. The van der Waals surface area contributed by atoms with Gasteiger partial charge in [-0.25, -0.2) is 0 Å². The van der Waals surface area contributed by atoms with Crippen molar-refractivity contribution in [3.63, 3.8) is 0 Å². The number of rotatable bonds is 6. The van der Waals surface area contributed by atoms with E-state index in [9.17, 15) is 4.79 Å². The highest BCUT2D eigenvalue weighted by molar-refractivity contribution is 5.75. The highest BCUT2D eigenvalue weighted by Crippen LogP contribution is 2.24. The molecule has 1 rings (SSSR count). The second-order valence-electron chi connectivity index (χ2n) is 4.34. The molecule has 4 nitrogen and oxygen atoms in total. The fourth-order valence-corrected chi connectivity index (χ4v) is 1.98. The van der Waals surface area contributed by atoms with Crippen LogP contribution in [0.2, 0.25) is 0 Å². The van der Waals surface area contributed by atoms with Crippen molar-refractivity contribution >= 4 is 5.91 Å². The van der Waals surface area contributed by atoms with Gasteiger partial charge in [0, 0.05) is 13.0 Å². The van der Waals surface area contributed by atoms with Crippen molar-refractivity contribution in [3.8, 4) is 5.75 Å². The molecule has 4 heteroatoms. The number of aryl methyl sites for hydroxylation is 2. The molecule has 0 unspecified atom stereocenters. The first-order valence-electron chi connectivity index (χ1n) is 6.10. The predicted molar refractivity (Wildman–Crippen MR) is 70.9 cm³/mol. The van der Waals surface area contributed by atoms with Crippen LogP contribution < -0.4 is 10.1 Å². The maximum Gasteiger partial charge on any atom is 0.222 e. The predicted octanol–water partition coefficient (Wildman–Crippen LogP) is 1.35. The van der Waals surface area contributed by atoms with Gasteiger partial charge in [-0.05, 0) is 43.0 Å². The quantitative estimate of drug-likeness (QED) is 0.802. The third-order valence-corrected chi connectivity index (χ3v) is 2.83. The van der Waals surface area contributed by atoms with Crippen molar-refractivity contribution < 1.29 is 14.6 Å². The summed E-state index contributed by atoms with van der Waals surface area (Å²) in [7, 11) is 1.65. The standard InChI is InChI=1S/C14H21NO3/c1-10-8-11(2)12(13(9-10)18-3)4-6-15-14(17)5-7-16/h8-9,16H,4-7H2,1-3H3,(H,15,17). The largest absolute Gasteiger partial charge is 0.496 e. The minimum absolute atomic E-state index is 0.112. The number of carbonyl (C=O) groups excluding carboxylic acids is 1. The number of carbonyl (C=O) groups is 1. The van der Waals surface area contributed by atoms with Gasteiger partial charge in [-0.3, -0.25) is 4.79 Å². The summed E-state index contributed by atoms with van der Waals surface area (Å²) in [5.74, 6) is 0.741.